The molecule has 1 aliphatic heterocycles. The van der Waals surface area contributed by atoms with Crippen molar-refractivity contribution in [3.05, 3.63) is 127 Å². The van der Waals surface area contributed by atoms with Crippen LogP contribution >= 0.6 is 0 Å². The number of rotatable bonds is 10. The minimum atomic E-state index is -0.716. The van der Waals surface area contributed by atoms with Crippen LogP contribution in [-0.4, -0.2) is 59.9 Å². The number of carbonyl (C=O) groups is 1. The van der Waals surface area contributed by atoms with E-state index in [1.807, 2.05) is 59.2 Å². The number of hydrogen-bond donors (Lipinski definition) is 0. The number of hydrogen-bond acceptors (Lipinski definition) is 8. The molecule has 0 unspecified atom stereocenters. The van der Waals surface area contributed by atoms with Crippen LogP contribution in [0.5, 0.6) is 0 Å². The van der Waals surface area contributed by atoms with Gasteiger partial charge in [0, 0.05) is 13.1 Å². The highest BCUT2D eigenvalue weighted by Gasteiger charge is 2.39. The van der Waals surface area contributed by atoms with Crippen molar-refractivity contribution >= 4 is 23.0 Å². The number of piperidine rings is 1. The van der Waals surface area contributed by atoms with Crippen LogP contribution in [0, 0.1) is 0 Å². The lowest BCUT2D eigenvalue weighted by molar-refractivity contribution is -0.144. The number of esters is 1. The Hall–Kier alpha value is -5.38. The molecule has 226 valence electrons. The zero-order chi connectivity index (χ0) is 30.5. The second-order valence-electron chi connectivity index (χ2n) is 11.2. The lowest BCUT2D eigenvalue weighted by atomic mass is 9.67. The molecule has 0 spiro atoms. The molecule has 1 fully saturated rings. The highest BCUT2D eigenvalue weighted by molar-refractivity contribution is 5.84. The van der Waals surface area contributed by atoms with Crippen LogP contribution in [0.1, 0.15) is 42.4 Å². The fourth-order valence-corrected chi connectivity index (χ4v) is 6.32. The Labute approximate surface area is 261 Å². The van der Waals surface area contributed by atoms with Gasteiger partial charge in [0.05, 0.1) is 24.7 Å². The van der Waals surface area contributed by atoms with Crippen molar-refractivity contribution in [1.29, 1.82) is 0 Å². The number of benzene rings is 3. The van der Waals surface area contributed by atoms with Gasteiger partial charge in [-0.15, -0.1) is 0 Å². The van der Waals surface area contributed by atoms with E-state index in [9.17, 15) is 4.79 Å². The molecular formula is C35H34N8O2. The molecule has 0 N–H and O–H groups in total. The number of nitrogens with zero attached hydrogens (tertiary/aromatic N) is 8. The molecule has 3 aromatic carbocycles. The maximum atomic E-state index is 13.7. The average molecular weight is 599 g/mol. The number of aromatic nitrogens is 7. The number of carbonyl (C=O) groups excluding carboxylic acids is 1. The first kappa shape index (κ1) is 28.4. The normalized spacial score (nSPS) is 13.6. The summed E-state index contributed by atoms with van der Waals surface area (Å²) in [6, 6.07) is 30.5. The highest BCUT2D eigenvalue weighted by atomic mass is 16.5. The Morgan fingerprint density at radius 2 is 1.40 bits per heavy atom. The fourth-order valence-electron chi connectivity index (χ4n) is 6.32. The second kappa shape index (κ2) is 12.7. The molecule has 4 heterocycles. The molecule has 0 radical (unpaired) electrons. The molecule has 10 nitrogen and oxygen atoms in total. The van der Waals surface area contributed by atoms with Gasteiger partial charge >= 0.3 is 5.97 Å². The average Bonchev–Trinajstić information content (AvgIpc) is 3.79. The number of anilines is 1. The lowest BCUT2D eigenvalue weighted by Gasteiger charge is -2.35. The first-order valence-corrected chi connectivity index (χ1v) is 15.4. The van der Waals surface area contributed by atoms with Crippen LogP contribution in [0.3, 0.4) is 0 Å². The third kappa shape index (κ3) is 5.66. The van der Waals surface area contributed by atoms with Gasteiger partial charge in [0.1, 0.15) is 19.3 Å². The van der Waals surface area contributed by atoms with Crippen LogP contribution in [0.2, 0.25) is 0 Å². The summed E-state index contributed by atoms with van der Waals surface area (Å²) in [4.78, 5) is 34.4. The van der Waals surface area contributed by atoms with E-state index in [2.05, 4.69) is 51.4 Å². The molecule has 0 saturated carbocycles. The van der Waals surface area contributed by atoms with E-state index in [4.69, 9.17) is 19.7 Å². The number of fused-ring (bicyclic) bond motifs is 1. The smallest absolute Gasteiger partial charge is 0.307 e. The van der Waals surface area contributed by atoms with E-state index in [-0.39, 0.29) is 19.0 Å². The predicted octanol–water partition coefficient (Wildman–Crippen LogP) is 5.37. The summed E-state index contributed by atoms with van der Waals surface area (Å²) < 4.78 is 9.43. The van der Waals surface area contributed by atoms with Gasteiger partial charge in [0.15, 0.2) is 17.0 Å². The lowest BCUT2D eigenvalue weighted by Crippen LogP contribution is -2.33. The Morgan fingerprint density at radius 1 is 0.778 bits per heavy atom. The number of ether oxygens (including phenoxy) is 1. The molecular weight excluding hydrogens is 564 g/mol. The second-order valence-corrected chi connectivity index (χ2v) is 11.2. The standard InChI is InChI=1S/C35H34N8O2/c44-30(23-35(27-13-5-1-6-14-27,28-15-7-2-8-16-28)29-17-9-3-10-18-29)45-22-21-42-26-37-31-32(41-19-11-4-12-20-41)39-34(40-33(31)42)43-25-36-24-38-43/h1-3,5-10,13-18,24-26H,4,11-12,19-23H2. The van der Waals surface area contributed by atoms with E-state index in [1.54, 1.807) is 17.3 Å². The number of imidazole rings is 1. The third-order valence-corrected chi connectivity index (χ3v) is 8.52. The summed E-state index contributed by atoms with van der Waals surface area (Å²) in [6.07, 6.45) is 8.36. The Balaban J connectivity index is 1.16. The summed E-state index contributed by atoms with van der Waals surface area (Å²) in [5, 5.41) is 4.25. The molecule has 1 saturated heterocycles. The van der Waals surface area contributed by atoms with Crippen molar-refractivity contribution in [1.82, 2.24) is 34.3 Å². The highest BCUT2D eigenvalue weighted by Crippen LogP contribution is 2.42. The summed E-state index contributed by atoms with van der Waals surface area (Å²) in [7, 11) is 0. The largest absolute Gasteiger partial charge is 0.464 e. The molecule has 6 aromatic rings. The molecule has 3 aromatic heterocycles. The summed E-state index contributed by atoms with van der Waals surface area (Å²) in [5.41, 5.74) is 3.77. The van der Waals surface area contributed by atoms with Gasteiger partial charge in [0.25, 0.3) is 5.95 Å². The van der Waals surface area contributed by atoms with E-state index in [0.717, 1.165) is 54.0 Å². The summed E-state index contributed by atoms with van der Waals surface area (Å²) in [6.45, 7) is 2.39. The van der Waals surface area contributed by atoms with Crippen molar-refractivity contribution in [2.75, 3.05) is 24.6 Å². The predicted molar refractivity (Wildman–Crippen MR) is 171 cm³/mol. The van der Waals surface area contributed by atoms with Crippen molar-refractivity contribution in [3.8, 4) is 5.95 Å². The van der Waals surface area contributed by atoms with Crippen LogP contribution in [0.4, 0.5) is 5.82 Å². The zero-order valence-corrected chi connectivity index (χ0v) is 24.9. The first-order chi connectivity index (χ1) is 22.2. The zero-order valence-electron chi connectivity index (χ0n) is 24.9. The molecule has 10 heteroatoms. The Kier molecular flexibility index (Phi) is 8.01. The minimum absolute atomic E-state index is 0.146. The van der Waals surface area contributed by atoms with Gasteiger partial charge in [-0.25, -0.2) is 9.97 Å². The topological polar surface area (TPSA) is 104 Å². The van der Waals surface area contributed by atoms with E-state index >= 15 is 0 Å². The van der Waals surface area contributed by atoms with E-state index in [0.29, 0.717) is 18.1 Å². The molecule has 0 bridgehead atoms. The van der Waals surface area contributed by atoms with Gasteiger partial charge in [-0.1, -0.05) is 91.0 Å². The Bertz CT molecular complexity index is 1760. The maximum absolute atomic E-state index is 13.7. The van der Waals surface area contributed by atoms with Crippen LogP contribution in [0.15, 0.2) is 110 Å². The third-order valence-electron chi connectivity index (χ3n) is 8.52. The van der Waals surface area contributed by atoms with Gasteiger partial charge < -0.3 is 14.2 Å². The molecule has 7 rings (SSSR count). The molecule has 0 atom stereocenters. The van der Waals surface area contributed by atoms with Crippen molar-refractivity contribution in [2.45, 2.75) is 37.6 Å². The monoisotopic (exact) mass is 598 g/mol. The van der Waals surface area contributed by atoms with E-state index < -0.39 is 5.41 Å². The quantitative estimate of drug-likeness (QED) is 0.153. The SMILES string of the molecule is O=C(CC(c1ccccc1)(c1ccccc1)c1ccccc1)OCCn1cnc2c(N3CCCCC3)nc(-n3cncn3)nc21. The van der Waals surface area contributed by atoms with Crippen molar-refractivity contribution < 1.29 is 9.53 Å². The molecule has 0 aliphatic carbocycles. The van der Waals surface area contributed by atoms with Gasteiger partial charge in [-0.2, -0.15) is 19.7 Å². The fraction of sp³-hybridized carbons (Fsp3) is 0.257. The summed E-state index contributed by atoms with van der Waals surface area (Å²) in [5.74, 6) is 0.930. The Morgan fingerprint density at radius 3 is 1.98 bits per heavy atom. The first-order valence-electron chi connectivity index (χ1n) is 15.4. The van der Waals surface area contributed by atoms with Crippen LogP contribution in [0.25, 0.3) is 17.1 Å². The van der Waals surface area contributed by atoms with Gasteiger partial charge in [0.2, 0.25) is 0 Å². The van der Waals surface area contributed by atoms with Crippen LogP contribution in [-0.2, 0) is 21.5 Å². The van der Waals surface area contributed by atoms with Crippen LogP contribution < -0.4 is 4.90 Å². The maximum Gasteiger partial charge on any atom is 0.307 e. The van der Waals surface area contributed by atoms with Gasteiger partial charge in [-0.05, 0) is 36.0 Å². The molecule has 0 amide bonds. The molecule has 45 heavy (non-hydrogen) atoms. The van der Waals surface area contributed by atoms with Gasteiger partial charge in [-0.3, -0.25) is 4.79 Å². The molecule has 1 aliphatic rings. The van der Waals surface area contributed by atoms with Crippen molar-refractivity contribution in [3.63, 3.8) is 0 Å². The van der Waals surface area contributed by atoms with E-state index in [1.165, 1.54) is 12.7 Å². The minimum Gasteiger partial charge on any atom is -0.464 e. The van der Waals surface area contributed by atoms with Crippen molar-refractivity contribution in [2.24, 2.45) is 0 Å². The summed E-state index contributed by atoms with van der Waals surface area (Å²) >= 11 is 0.